The van der Waals surface area contributed by atoms with Crippen molar-refractivity contribution in [1.29, 1.82) is 0 Å². The largest absolute Gasteiger partial charge is 0.458 e. The summed E-state index contributed by atoms with van der Waals surface area (Å²) >= 11 is 0. The highest BCUT2D eigenvalue weighted by atomic mass is 19.1. The number of non-ortho nitro benzene ring substituents is 1. The fourth-order valence-electron chi connectivity index (χ4n) is 2.55. The van der Waals surface area contributed by atoms with Gasteiger partial charge < -0.3 is 15.3 Å². The molecule has 0 fully saturated rings. The molecular weight excluding hydrogens is 381 g/mol. The molecule has 0 aromatic heterocycles. The van der Waals surface area contributed by atoms with Crippen molar-refractivity contribution >= 4 is 17.5 Å². The highest BCUT2D eigenvalue weighted by molar-refractivity contribution is 6.01. The molecule has 0 unspecified atom stereocenters. The maximum absolute atomic E-state index is 14.3. The molecular formula is C20H22FN3O5. The van der Waals surface area contributed by atoms with Crippen LogP contribution in [0.3, 0.4) is 0 Å². The summed E-state index contributed by atoms with van der Waals surface area (Å²) in [5.41, 5.74) is -0.628. The van der Waals surface area contributed by atoms with E-state index < -0.39 is 34.0 Å². The number of nitro benzene ring substituents is 1. The van der Waals surface area contributed by atoms with E-state index >= 15 is 0 Å². The van der Waals surface area contributed by atoms with E-state index in [1.165, 1.54) is 0 Å². The Bertz CT molecular complexity index is 910. The molecule has 8 nitrogen and oxygen atoms in total. The topological polar surface area (TPSA) is 114 Å². The van der Waals surface area contributed by atoms with Gasteiger partial charge in [-0.05, 0) is 32.4 Å². The number of rotatable bonds is 6. The maximum Gasteiger partial charge on any atom is 0.329 e. The van der Waals surface area contributed by atoms with Crippen LogP contribution < -0.4 is 5.32 Å². The van der Waals surface area contributed by atoms with E-state index in [9.17, 15) is 24.5 Å². The molecule has 0 saturated heterocycles. The number of hydrogen-bond donors (Lipinski definition) is 2. The minimum Gasteiger partial charge on any atom is -0.458 e. The number of benzene rings is 2. The summed E-state index contributed by atoms with van der Waals surface area (Å²) in [4.78, 5) is 22.7. The van der Waals surface area contributed by atoms with Crippen LogP contribution in [0.4, 0.5) is 10.1 Å². The second kappa shape index (κ2) is 9.13. The van der Waals surface area contributed by atoms with Gasteiger partial charge in [-0.3, -0.25) is 10.1 Å². The molecule has 0 radical (unpaired) electrons. The van der Waals surface area contributed by atoms with Crippen LogP contribution in [0.5, 0.6) is 0 Å². The number of ether oxygens (including phenoxy) is 1. The molecule has 1 atom stereocenters. The van der Waals surface area contributed by atoms with Gasteiger partial charge in [0.05, 0.1) is 16.6 Å². The first-order valence-electron chi connectivity index (χ1n) is 8.80. The molecule has 0 spiro atoms. The Morgan fingerprint density at radius 2 is 1.93 bits per heavy atom. The van der Waals surface area contributed by atoms with Crippen LogP contribution in [0, 0.1) is 15.9 Å². The number of nitro groups is 1. The van der Waals surface area contributed by atoms with Crippen molar-refractivity contribution in [1.82, 2.24) is 5.32 Å². The first kappa shape index (κ1) is 21.8. The molecule has 2 aromatic rings. The van der Waals surface area contributed by atoms with Crippen LogP contribution in [0.1, 0.15) is 31.9 Å². The molecule has 0 heterocycles. The van der Waals surface area contributed by atoms with Crippen molar-refractivity contribution in [2.24, 2.45) is 5.16 Å². The van der Waals surface area contributed by atoms with Crippen molar-refractivity contribution in [3.05, 3.63) is 75.6 Å². The lowest BCUT2D eigenvalue weighted by Gasteiger charge is -2.25. The quantitative estimate of drug-likeness (QED) is 0.191. The summed E-state index contributed by atoms with van der Waals surface area (Å²) in [5.74, 6) is -1.93. The Balaban J connectivity index is 2.32. The van der Waals surface area contributed by atoms with Gasteiger partial charge >= 0.3 is 5.97 Å². The minimum atomic E-state index is -0.989. The van der Waals surface area contributed by atoms with E-state index in [4.69, 9.17) is 4.74 Å². The standard InChI is InChI=1S/C20H22FN3O5/c1-20(2,3)29-19(25)17(11-13-7-5-4-6-8-13)22-18(23-26)15-10-9-14(24(27)28)12-16(15)21/h4-10,12,17,26H,11H2,1-3H3,(H,22,23)/t17-/m0/s1. The Kier molecular flexibility index (Phi) is 6.87. The number of nitrogens with one attached hydrogen (secondary N) is 1. The third kappa shape index (κ3) is 6.27. The second-order valence-electron chi connectivity index (χ2n) is 7.29. The molecule has 0 aliphatic heterocycles. The number of oxime groups is 1. The van der Waals surface area contributed by atoms with Crippen LogP contribution >= 0.6 is 0 Å². The van der Waals surface area contributed by atoms with E-state index in [0.29, 0.717) is 6.07 Å². The smallest absolute Gasteiger partial charge is 0.329 e. The first-order valence-corrected chi connectivity index (χ1v) is 8.80. The van der Waals surface area contributed by atoms with Crippen LogP contribution in [0.25, 0.3) is 0 Å². The number of nitrogens with zero attached hydrogens (tertiary/aromatic N) is 2. The third-order valence-electron chi connectivity index (χ3n) is 3.80. The van der Waals surface area contributed by atoms with Crippen LogP contribution in [0.2, 0.25) is 0 Å². The van der Waals surface area contributed by atoms with Crippen molar-refractivity contribution in [2.75, 3.05) is 0 Å². The molecule has 154 valence electrons. The van der Waals surface area contributed by atoms with Gasteiger partial charge in [-0.1, -0.05) is 35.5 Å². The average molecular weight is 403 g/mol. The summed E-state index contributed by atoms with van der Waals surface area (Å²) in [6.45, 7) is 5.13. The predicted octanol–water partition coefficient (Wildman–Crippen LogP) is 3.41. The van der Waals surface area contributed by atoms with Gasteiger partial charge in [0.15, 0.2) is 5.84 Å². The zero-order chi connectivity index (χ0) is 21.6. The second-order valence-corrected chi connectivity index (χ2v) is 7.29. The van der Waals surface area contributed by atoms with Gasteiger partial charge in [0.25, 0.3) is 5.69 Å². The minimum absolute atomic E-state index is 0.184. The lowest BCUT2D eigenvalue weighted by Crippen LogP contribution is -2.46. The zero-order valence-electron chi connectivity index (χ0n) is 16.3. The van der Waals surface area contributed by atoms with Gasteiger partial charge in [-0.25, -0.2) is 9.18 Å². The first-order chi connectivity index (χ1) is 13.6. The fourth-order valence-corrected chi connectivity index (χ4v) is 2.55. The van der Waals surface area contributed by atoms with Crippen molar-refractivity contribution < 1.29 is 24.1 Å². The molecule has 2 aromatic carbocycles. The predicted molar refractivity (Wildman–Crippen MR) is 104 cm³/mol. The Hall–Kier alpha value is -3.49. The molecule has 2 N–H and O–H groups in total. The van der Waals surface area contributed by atoms with Gasteiger partial charge in [0.1, 0.15) is 17.5 Å². The van der Waals surface area contributed by atoms with Crippen LogP contribution in [0.15, 0.2) is 53.7 Å². The number of esters is 1. The van der Waals surface area contributed by atoms with E-state index in [2.05, 4.69) is 10.5 Å². The molecule has 0 aliphatic carbocycles. The summed E-state index contributed by atoms with van der Waals surface area (Å²) < 4.78 is 19.8. The molecule has 0 amide bonds. The zero-order valence-corrected chi connectivity index (χ0v) is 16.3. The molecule has 29 heavy (non-hydrogen) atoms. The maximum atomic E-state index is 14.3. The normalized spacial score (nSPS) is 12.9. The number of carbonyl (C=O) groups excluding carboxylic acids is 1. The summed E-state index contributed by atoms with van der Waals surface area (Å²) in [5, 5.41) is 25.9. The van der Waals surface area contributed by atoms with Crippen LogP contribution in [-0.4, -0.2) is 33.6 Å². The lowest BCUT2D eigenvalue weighted by molar-refractivity contribution is -0.385. The number of carbonyl (C=O) groups is 1. The third-order valence-corrected chi connectivity index (χ3v) is 3.80. The van der Waals surface area contributed by atoms with E-state index in [1.54, 1.807) is 45.0 Å². The van der Waals surface area contributed by atoms with Gasteiger partial charge in [-0.15, -0.1) is 0 Å². The van der Waals surface area contributed by atoms with E-state index in [-0.39, 0.29) is 17.8 Å². The monoisotopic (exact) mass is 403 g/mol. The fraction of sp³-hybridized carbons (Fsp3) is 0.300. The number of amidine groups is 1. The van der Waals surface area contributed by atoms with Gasteiger partial charge in [0.2, 0.25) is 0 Å². The number of halogens is 1. The number of hydrogen-bond acceptors (Lipinski definition) is 6. The highest BCUT2D eigenvalue weighted by Gasteiger charge is 2.28. The Labute approximate surface area is 167 Å². The highest BCUT2D eigenvalue weighted by Crippen LogP contribution is 2.18. The molecule has 2 rings (SSSR count). The van der Waals surface area contributed by atoms with Gasteiger partial charge in [0, 0.05) is 12.5 Å². The van der Waals surface area contributed by atoms with Crippen molar-refractivity contribution in [3.63, 3.8) is 0 Å². The Morgan fingerprint density at radius 1 is 1.28 bits per heavy atom. The molecule has 0 bridgehead atoms. The molecule has 0 saturated carbocycles. The van der Waals surface area contributed by atoms with Crippen LogP contribution in [-0.2, 0) is 16.0 Å². The average Bonchev–Trinajstić information content (AvgIpc) is 2.64. The summed E-state index contributed by atoms with van der Waals surface area (Å²) in [6, 6.07) is 10.9. The molecule has 9 heteroatoms. The van der Waals surface area contributed by atoms with E-state index in [1.807, 2.05) is 6.07 Å². The SMILES string of the molecule is CC(C)(C)OC(=O)[C@H](Cc1ccccc1)N/C(=N/O)c1ccc([N+](=O)[O-])cc1F. The Morgan fingerprint density at radius 3 is 2.45 bits per heavy atom. The summed E-state index contributed by atoms with van der Waals surface area (Å²) in [6.07, 6.45) is 0.184. The van der Waals surface area contributed by atoms with Gasteiger partial charge in [-0.2, -0.15) is 0 Å². The lowest BCUT2D eigenvalue weighted by atomic mass is 10.0. The van der Waals surface area contributed by atoms with E-state index in [0.717, 1.165) is 17.7 Å². The summed E-state index contributed by atoms with van der Waals surface area (Å²) in [7, 11) is 0. The molecule has 0 aliphatic rings. The van der Waals surface area contributed by atoms with Crippen molar-refractivity contribution in [2.45, 2.75) is 38.8 Å². The van der Waals surface area contributed by atoms with Crippen molar-refractivity contribution in [3.8, 4) is 0 Å².